The molecule has 0 amide bonds. The fourth-order valence-electron chi connectivity index (χ4n) is 2.36. The van der Waals surface area contributed by atoms with Crippen LogP contribution in [0.1, 0.15) is 43.4 Å². The van der Waals surface area contributed by atoms with Crippen molar-refractivity contribution in [2.24, 2.45) is 5.92 Å². The molecular formula is C20H24OS. The Labute approximate surface area is 138 Å². The summed E-state index contributed by atoms with van der Waals surface area (Å²) in [5, 5.41) is 0.195. The number of carbonyl (C=O) groups is 1. The lowest BCUT2D eigenvalue weighted by molar-refractivity contribution is -0.111. The van der Waals surface area contributed by atoms with E-state index in [9.17, 15) is 4.79 Å². The molecule has 1 nitrogen and oxygen atoms in total. The molecule has 0 aromatic heterocycles. The highest BCUT2D eigenvalue weighted by Gasteiger charge is 2.16. The van der Waals surface area contributed by atoms with Gasteiger partial charge in [0, 0.05) is 4.90 Å². The largest absolute Gasteiger partial charge is 0.286 e. The smallest absolute Gasteiger partial charge is 0.200 e. The van der Waals surface area contributed by atoms with E-state index in [0.717, 1.165) is 16.9 Å². The van der Waals surface area contributed by atoms with Crippen molar-refractivity contribution < 1.29 is 4.79 Å². The van der Waals surface area contributed by atoms with Crippen molar-refractivity contribution in [2.45, 2.75) is 44.9 Å². The number of hydrogen-bond donors (Lipinski definition) is 0. The normalized spacial score (nSPS) is 12.4. The average molecular weight is 312 g/mol. The summed E-state index contributed by atoms with van der Waals surface area (Å²) in [6, 6.07) is 16.6. The Balaban J connectivity index is 2.02. The van der Waals surface area contributed by atoms with Crippen LogP contribution in [0.3, 0.4) is 0 Å². The lowest BCUT2D eigenvalue weighted by Crippen LogP contribution is -2.05. The third-order valence-electron chi connectivity index (χ3n) is 3.72. The fourth-order valence-corrected chi connectivity index (χ4v) is 3.18. The van der Waals surface area contributed by atoms with Gasteiger partial charge in [-0.3, -0.25) is 4.79 Å². The highest BCUT2D eigenvalue weighted by atomic mass is 32.2. The molecule has 22 heavy (non-hydrogen) atoms. The summed E-state index contributed by atoms with van der Waals surface area (Å²) in [4.78, 5) is 13.4. The van der Waals surface area contributed by atoms with Crippen molar-refractivity contribution >= 4 is 16.9 Å². The highest BCUT2D eigenvalue weighted by molar-refractivity contribution is 8.13. The molecular weight excluding hydrogens is 288 g/mol. The molecule has 0 heterocycles. The quantitative estimate of drug-likeness (QED) is 0.667. The SMILES string of the molecule is Cc1ccc(SC(=O)C(C)c2ccc(CC(C)C)cc2)cc1. The first-order valence-electron chi connectivity index (χ1n) is 7.83. The molecule has 1 atom stereocenters. The minimum atomic E-state index is -0.0839. The van der Waals surface area contributed by atoms with E-state index in [0.29, 0.717) is 5.92 Å². The second-order valence-electron chi connectivity index (χ2n) is 6.30. The minimum absolute atomic E-state index is 0.0839. The highest BCUT2D eigenvalue weighted by Crippen LogP contribution is 2.28. The van der Waals surface area contributed by atoms with E-state index in [-0.39, 0.29) is 11.0 Å². The molecule has 2 heteroatoms. The van der Waals surface area contributed by atoms with Gasteiger partial charge in [0.25, 0.3) is 0 Å². The number of aryl methyl sites for hydroxylation is 1. The third-order valence-corrected chi connectivity index (χ3v) is 4.78. The van der Waals surface area contributed by atoms with Crippen LogP contribution in [-0.2, 0) is 11.2 Å². The lowest BCUT2D eigenvalue weighted by atomic mass is 9.97. The number of carbonyl (C=O) groups excluding carboxylic acids is 1. The molecule has 0 spiro atoms. The molecule has 0 aliphatic heterocycles. The van der Waals surface area contributed by atoms with E-state index in [2.05, 4.69) is 45.0 Å². The molecule has 1 unspecified atom stereocenters. The lowest BCUT2D eigenvalue weighted by Gasteiger charge is -2.12. The van der Waals surface area contributed by atoms with E-state index in [1.165, 1.54) is 22.9 Å². The van der Waals surface area contributed by atoms with Gasteiger partial charge in [-0.2, -0.15) is 0 Å². The first-order valence-corrected chi connectivity index (χ1v) is 8.64. The van der Waals surface area contributed by atoms with Gasteiger partial charge in [-0.25, -0.2) is 0 Å². The average Bonchev–Trinajstić information content (AvgIpc) is 2.49. The van der Waals surface area contributed by atoms with Crippen LogP contribution in [0, 0.1) is 12.8 Å². The number of benzene rings is 2. The van der Waals surface area contributed by atoms with Crippen molar-refractivity contribution in [1.82, 2.24) is 0 Å². The van der Waals surface area contributed by atoms with Crippen LogP contribution in [0.5, 0.6) is 0 Å². The number of hydrogen-bond acceptors (Lipinski definition) is 2. The first-order chi connectivity index (χ1) is 10.5. The zero-order valence-corrected chi connectivity index (χ0v) is 14.6. The fraction of sp³-hybridized carbons (Fsp3) is 0.350. The molecule has 116 valence electrons. The Morgan fingerprint density at radius 3 is 2.09 bits per heavy atom. The van der Waals surface area contributed by atoms with Gasteiger partial charge in [-0.1, -0.05) is 74.5 Å². The summed E-state index contributed by atoms with van der Waals surface area (Å²) in [6.07, 6.45) is 1.08. The van der Waals surface area contributed by atoms with Crippen LogP contribution in [0.2, 0.25) is 0 Å². The standard InChI is InChI=1S/C20H24OS/c1-14(2)13-17-7-9-18(10-8-17)16(4)20(21)22-19-11-5-15(3)6-12-19/h5-12,14,16H,13H2,1-4H3. The summed E-state index contributed by atoms with van der Waals surface area (Å²) in [5.41, 5.74) is 3.65. The Morgan fingerprint density at radius 2 is 1.55 bits per heavy atom. The van der Waals surface area contributed by atoms with Gasteiger partial charge < -0.3 is 0 Å². The van der Waals surface area contributed by atoms with Crippen LogP contribution >= 0.6 is 11.8 Å². The third kappa shape index (κ3) is 4.74. The maximum atomic E-state index is 12.4. The van der Waals surface area contributed by atoms with Crippen molar-refractivity contribution in [2.75, 3.05) is 0 Å². The van der Waals surface area contributed by atoms with Crippen LogP contribution < -0.4 is 0 Å². The van der Waals surface area contributed by atoms with Crippen LogP contribution in [0.15, 0.2) is 53.4 Å². The summed E-state index contributed by atoms with van der Waals surface area (Å²) >= 11 is 1.33. The second-order valence-corrected chi connectivity index (χ2v) is 7.37. The van der Waals surface area contributed by atoms with E-state index in [4.69, 9.17) is 0 Å². The first kappa shape index (κ1) is 16.8. The van der Waals surface area contributed by atoms with Gasteiger partial charge in [0.05, 0.1) is 5.92 Å². The van der Waals surface area contributed by atoms with E-state index in [1.807, 2.05) is 31.2 Å². The van der Waals surface area contributed by atoms with Gasteiger partial charge in [-0.15, -0.1) is 0 Å². The number of thioether (sulfide) groups is 1. The Bertz CT molecular complexity index is 611. The molecule has 0 N–H and O–H groups in total. The van der Waals surface area contributed by atoms with E-state index in [1.54, 1.807) is 0 Å². The topological polar surface area (TPSA) is 17.1 Å². The van der Waals surface area contributed by atoms with Crippen molar-refractivity contribution in [1.29, 1.82) is 0 Å². The maximum Gasteiger partial charge on any atom is 0.200 e. The second kappa shape index (κ2) is 7.64. The Kier molecular flexibility index (Phi) is 5.84. The van der Waals surface area contributed by atoms with Crippen molar-refractivity contribution in [3.63, 3.8) is 0 Å². The zero-order valence-electron chi connectivity index (χ0n) is 13.8. The van der Waals surface area contributed by atoms with Gasteiger partial charge >= 0.3 is 0 Å². The molecule has 2 rings (SSSR count). The predicted molar refractivity (Wildman–Crippen MR) is 95.4 cm³/mol. The molecule has 0 radical (unpaired) electrons. The molecule has 0 aliphatic carbocycles. The Hall–Kier alpha value is -1.54. The number of rotatable bonds is 5. The Morgan fingerprint density at radius 1 is 0.955 bits per heavy atom. The van der Waals surface area contributed by atoms with Gasteiger partial charge in [0.1, 0.15) is 0 Å². The predicted octanol–water partition coefficient (Wildman–Crippen LogP) is 5.62. The van der Waals surface area contributed by atoms with Crippen LogP contribution in [0.25, 0.3) is 0 Å². The maximum absolute atomic E-state index is 12.4. The summed E-state index contributed by atoms with van der Waals surface area (Å²) < 4.78 is 0. The monoisotopic (exact) mass is 312 g/mol. The van der Waals surface area contributed by atoms with Gasteiger partial charge in [-0.05, 0) is 42.5 Å². The zero-order chi connectivity index (χ0) is 16.1. The molecule has 0 fully saturated rings. The summed E-state index contributed by atoms with van der Waals surface area (Å²) in [6.45, 7) is 8.48. The molecule has 2 aromatic carbocycles. The molecule has 0 saturated carbocycles. The van der Waals surface area contributed by atoms with Gasteiger partial charge in [0.2, 0.25) is 5.12 Å². The minimum Gasteiger partial charge on any atom is -0.286 e. The molecule has 0 aliphatic rings. The molecule has 2 aromatic rings. The van der Waals surface area contributed by atoms with Crippen molar-refractivity contribution in [3.05, 3.63) is 65.2 Å². The molecule has 0 saturated heterocycles. The van der Waals surface area contributed by atoms with Crippen LogP contribution in [-0.4, -0.2) is 5.12 Å². The van der Waals surface area contributed by atoms with Gasteiger partial charge in [0.15, 0.2) is 0 Å². The molecule has 0 bridgehead atoms. The summed E-state index contributed by atoms with van der Waals surface area (Å²) in [7, 11) is 0. The van der Waals surface area contributed by atoms with E-state index >= 15 is 0 Å². The summed E-state index contributed by atoms with van der Waals surface area (Å²) in [5.74, 6) is 0.571. The van der Waals surface area contributed by atoms with Crippen molar-refractivity contribution in [3.8, 4) is 0 Å². The van der Waals surface area contributed by atoms with Crippen LogP contribution in [0.4, 0.5) is 0 Å². The van der Waals surface area contributed by atoms with E-state index < -0.39 is 0 Å².